The monoisotopic (exact) mass is 329 g/mol. The molecule has 2 N–H and O–H groups in total. The first-order valence-corrected chi connectivity index (χ1v) is 7.49. The first-order chi connectivity index (χ1) is 11.6. The van der Waals surface area contributed by atoms with E-state index in [0.717, 1.165) is 22.3 Å². The van der Waals surface area contributed by atoms with Gasteiger partial charge in [-0.25, -0.2) is 0 Å². The molecule has 0 radical (unpaired) electrons. The lowest BCUT2D eigenvalue weighted by molar-refractivity contribution is 0.0924. The number of aromatic amines is 1. The highest BCUT2D eigenvalue weighted by Crippen LogP contribution is 2.28. The van der Waals surface area contributed by atoms with E-state index in [4.69, 9.17) is 13.9 Å². The molecular formula is C17H19N3O4. The maximum Gasteiger partial charge on any atom is 0.287 e. The molecule has 0 aliphatic carbocycles. The molecule has 126 valence electrons. The zero-order valence-corrected chi connectivity index (χ0v) is 13.8. The number of fused-ring (bicyclic) bond motifs is 1. The summed E-state index contributed by atoms with van der Waals surface area (Å²) in [6.45, 7) is 2.62. The minimum Gasteiger partial charge on any atom is -0.497 e. The van der Waals surface area contributed by atoms with E-state index in [1.54, 1.807) is 20.3 Å². The molecule has 0 aliphatic rings. The number of hydrogen-bond donors (Lipinski definition) is 2. The maximum absolute atomic E-state index is 12.4. The Morgan fingerprint density at radius 1 is 1.33 bits per heavy atom. The van der Waals surface area contributed by atoms with Crippen LogP contribution in [0.25, 0.3) is 11.0 Å². The van der Waals surface area contributed by atoms with Crippen molar-refractivity contribution in [3.05, 3.63) is 47.0 Å². The van der Waals surface area contributed by atoms with E-state index in [1.165, 1.54) is 0 Å². The van der Waals surface area contributed by atoms with Crippen molar-refractivity contribution in [1.29, 1.82) is 0 Å². The average molecular weight is 329 g/mol. The van der Waals surface area contributed by atoms with Gasteiger partial charge in [0.05, 0.1) is 31.6 Å². The summed E-state index contributed by atoms with van der Waals surface area (Å²) in [6.07, 6.45) is 0. The number of methoxy groups -OCH3 is 2. The Hall–Kier alpha value is -2.80. The van der Waals surface area contributed by atoms with Gasteiger partial charge in [0.15, 0.2) is 5.76 Å². The second-order valence-electron chi connectivity index (χ2n) is 5.42. The van der Waals surface area contributed by atoms with Crippen LogP contribution in [0.1, 0.15) is 27.5 Å². The van der Waals surface area contributed by atoms with E-state index in [2.05, 4.69) is 15.5 Å². The highest BCUT2D eigenvalue weighted by Gasteiger charge is 2.18. The normalized spacial score (nSPS) is 11.0. The summed E-state index contributed by atoms with van der Waals surface area (Å²) in [5.41, 5.74) is 3.01. The molecule has 0 unspecified atom stereocenters. The van der Waals surface area contributed by atoms with Crippen LogP contribution < -0.4 is 10.1 Å². The van der Waals surface area contributed by atoms with E-state index in [0.29, 0.717) is 30.2 Å². The summed E-state index contributed by atoms with van der Waals surface area (Å²) < 4.78 is 15.9. The Labute approximate surface area is 138 Å². The minimum atomic E-state index is -0.273. The Morgan fingerprint density at radius 3 is 2.92 bits per heavy atom. The van der Waals surface area contributed by atoms with Crippen LogP contribution >= 0.6 is 0 Å². The third kappa shape index (κ3) is 3.11. The molecule has 0 saturated carbocycles. The molecule has 0 spiro atoms. The average Bonchev–Trinajstić information content (AvgIpc) is 3.17. The molecule has 7 heteroatoms. The predicted molar refractivity (Wildman–Crippen MR) is 88.0 cm³/mol. The molecule has 24 heavy (non-hydrogen) atoms. The van der Waals surface area contributed by atoms with Crippen molar-refractivity contribution in [1.82, 2.24) is 15.5 Å². The topological polar surface area (TPSA) is 89.4 Å². The Bertz CT molecular complexity index is 866. The van der Waals surface area contributed by atoms with Crippen molar-refractivity contribution in [2.75, 3.05) is 14.2 Å². The molecular weight excluding hydrogens is 310 g/mol. The van der Waals surface area contributed by atoms with Crippen LogP contribution in [-0.4, -0.2) is 30.3 Å². The number of nitrogens with zero attached hydrogens (tertiary/aromatic N) is 1. The fraction of sp³-hybridized carbons (Fsp3) is 0.294. The summed E-state index contributed by atoms with van der Waals surface area (Å²) in [7, 11) is 3.20. The van der Waals surface area contributed by atoms with E-state index in [-0.39, 0.29) is 5.91 Å². The van der Waals surface area contributed by atoms with Gasteiger partial charge in [0.25, 0.3) is 5.91 Å². The number of furan rings is 1. The second kappa shape index (κ2) is 6.76. The predicted octanol–water partition coefficient (Wildman–Crippen LogP) is 2.55. The SMILES string of the molecule is COCc1cc(CNC(=O)c2oc3cc(OC)ccc3c2C)[nH]n1. The van der Waals surface area contributed by atoms with E-state index < -0.39 is 0 Å². The van der Waals surface area contributed by atoms with Crippen molar-refractivity contribution in [2.45, 2.75) is 20.1 Å². The molecule has 3 aromatic rings. The fourth-order valence-electron chi connectivity index (χ4n) is 2.53. The highest BCUT2D eigenvalue weighted by molar-refractivity contribution is 5.99. The smallest absolute Gasteiger partial charge is 0.287 e. The van der Waals surface area contributed by atoms with E-state index >= 15 is 0 Å². The van der Waals surface area contributed by atoms with Gasteiger partial charge >= 0.3 is 0 Å². The Balaban J connectivity index is 1.74. The van der Waals surface area contributed by atoms with Gasteiger partial charge in [0.2, 0.25) is 0 Å². The largest absolute Gasteiger partial charge is 0.497 e. The number of amides is 1. The number of nitrogens with one attached hydrogen (secondary N) is 2. The number of carbonyl (C=O) groups is 1. The van der Waals surface area contributed by atoms with Crippen molar-refractivity contribution in [3.63, 3.8) is 0 Å². The van der Waals surface area contributed by atoms with Crippen LogP contribution in [0.15, 0.2) is 28.7 Å². The molecule has 0 bridgehead atoms. The molecule has 0 atom stereocenters. The summed E-state index contributed by atoms with van der Waals surface area (Å²) in [4.78, 5) is 12.4. The molecule has 0 saturated heterocycles. The van der Waals surface area contributed by atoms with E-state index in [1.807, 2.05) is 25.1 Å². The molecule has 0 fully saturated rings. The lowest BCUT2D eigenvalue weighted by Crippen LogP contribution is -2.23. The maximum atomic E-state index is 12.4. The van der Waals surface area contributed by atoms with Gasteiger partial charge in [-0.1, -0.05) is 0 Å². The van der Waals surface area contributed by atoms with Gasteiger partial charge in [-0.05, 0) is 25.1 Å². The lowest BCUT2D eigenvalue weighted by atomic mass is 10.1. The number of aromatic nitrogens is 2. The van der Waals surface area contributed by atoms with Crippen LogP contribution in [-0.2, 0) is 17.9 Å². The third-order valence-electron chi connectivity index (χ3n) is 3.77. The molecule has 3 rings (SSSR count). The number of ether oxygens (including phenoxy) is 2. The zero-order valence-electron chi connectivity index (χ0n) is 13.8. The van der Waals surface area contributed by atoms with Crippen molar-refractivity contribution >= 4 is 16.9 Å². The standard InChI is InChI=1S/C17H19N3O4/c1-10-14-5-4-13(23-3)7-15(14)24-16(10)17(21)18-8-11-6-12(9-22-2)20-19-11/h4-7H,8-9H2,1-3H3,(H,18,21)(H,19,20). The van der Waals surface area contributed by atoms with Crippen molar-refractivity contribution in [3.8, 4) is 5.75 Å². The van der Waals surface area contributed by atoms with Gasteiger partial charge in [0, 0.05) is 24.1 Å². The first-order valence-electron chi connectivity index (χ1n) is 7.49. The minimum absolute atomic E-state index is 0.273. The number of benzene rings is 1. The Kier molecular flexibility index (Phi) is 4.52. The number of aryl methyl sites for hydroxylation is 1. The summed E-state index contributed by atoms with van der Waals surface area (Å²) in [5.74, 6) is 0.715. The second-order valence-corrected chi connectivity index (χ2v) is 5.42. The number of carbonyl (C=O) groups excluding carboxylic acids is 1. The highest BCUT2D eigenvalue weighted by atomic mass is 16.5. The quantitative estimate of drug-likeness (QED) is 0.725. The third-order valence-corrected chi connectivity index (χ3v) is 3.77. The van der Waals surface area contributed by atoms with Crippen LogP contribution in [0, 0.1) is 6.92 Å². The molecule has 7 nitrogen and oxygen atoms in total. The van der Waals surface area contributed by atoms with Crippen LogP contribution in [0.3, 0.4) is 0 Å². The summed E-state index contributed by atoms with van der Waals surface area (Å²) in [6, 6.07) is 7.34. The van der Waals surface area contributed by atoms with Crippen LogP contribution in [0.4, 0.5) is 0 Å². The molecule has 0 aliphatic heterocycles. The number of hydrogen-bond acceptors (Lipinski definition) is 5. The number of H-pyrrole nitrogens is 1. The molecule has 2 heterocycles. The van der Waals surface area contributed by atoms with E-state index in [9.17, 15) is 4.79 Å². The van der Waals surface area contributed by atoms with Gasteiger partial charge in [0.1, 0.15) is 11.3 Å². The van der Waals surface area contributed by atoms with Crippen molar-refractivity contribution < 1.29 is 18.7 Å². The molecule has 2 aromatic heterocycles. The van der Waals surface area contributed by atoms with Crippen molar-refractivity contribution in [2.24, 2.45) is 0 Å². The van der Waals surface area contributed by atoms with Gasteiger partial charge in [-0.3, -0.25) is 9.89 Å². The first kappa shape index (κ1) is 16.1. The Morgan fingerprint density at radius 2 is 2.17 bits per heavy atom. The van der Waals surface area contributed by atoms with Gasteiger partial charge in [-0.2, -0.15) is 5.10 Å². The lowest BCUT2D eigenvalue weighted by Gasteiger charge is -2.01. The van der Waals surface area contributed by atoms with Crippen LogP contribution in [0.5, 0.6) is 5.75 Å². The van der Waals surface area contributed by atoms with Gasteiger partial charge < -0.3 is 19.2 Å². The molecule has 1 aromatic carbocycles. The zero-order chi connectivity index (χ0) is 17.1. The van der Waals surface area contributed by atoms with Crippen LogP contribution in [0.2, 0.25) is 0 Å². The fourth-order valence-corrected chi connectivity index (χ4v) is 2.53. The molecule has 1 amide bonds. The summed E-state index contributed by atoms with van der Waals surface area (Å²) >= 11 is 0. The summed E-state index contributed by atoms with van der Waals surface area (Å²) in [5, 5.41) is 10.7. The number of rotatable bonds is 6. The van der Waals surface area contributed by atoms with Gasteiger partial charge in [-0.15, -0.1) is 0 Å².